The summed E-state index contributed by atoms with van der Waals surface area (Å²) in [5, 5.41) is 13.4. The molecule has 2 heterocycles. The predicted octanol–water partition coefficient (Wildman–Crippen LogP) is -0.160. The van der Waals surface area contributed by atoms with Crippen LogP contribution in [0.1, 0.15) is 49.6 Å². The van der Waals surface area contributed by atoms with E-state index in [9.17, 15) is 14.4 Å². The molecule has 0 unspecified atom stereocenters. The number of carbonyl (C=O) groups excluding carboxylic acids is 3. The van der Waals surface area contributed by atoms with Gasteiger partial charge in [0.2, 0.25) is 5.91 Å². The van der Waals surface area contributed by atoms with Crippen molar-refractivity contribution >= 4 is 51.5 Å². The van der Waals surface area contributed by atoms with E-state index in [2.05, 4.69) is 38.4 Å². The van der Waals surface area contributed by atoms with Crippen LogP contribution in [-0.2, 0) is 26.8 Å². The first kappa shape index (κ1) is 31.6. The average Bonchev–Trinajstić information content (AvgIpc) is 3.39. The Morgan fingerprint density at radius 3 is 2.46 bits per heavy atom. The first-order valence-corrected chi connectivity index (χ1v) is 14.9. The van der Waals surface area contributed by atoms with E-state index in [0.717, 1.165) is 22.9 Å². The van der Waals surface area contributed by atoms with Crippen LogP contribution in [0.4, 0.5) is 4.79 Å². The molecule has 2 aromatic rings. The third-order valence-electron chi connectivity index (χ3n) is 4.29. The fourth-order valence-corrected chi connectivity index (χ4v) is 5.01. The second-order valence-electron chi connectivity index (χ2n) is 8.87. The molecular formula is C22H34IN5O4S3. The van der Waals surface area contributed by atoms with Crippen LogP contribution in [-0.4, -0.2) is 70.9 Å². The van der Waals surface area contributed by atoms with Gasteiger partial charge in [0.15, 0.2) is 0 Å². The molecule has 13 heteroatoms. The Hall–Kier alpha value is -1.45. The van der Waals surface area contributed by atoms with Crippen LogP contribution < -0.4 is 39.9 Å². The second-order valence-corrected chi connectivity index (χ2v) is 13.1. The molecule has 0 saturated carbocycles. The minimum Gasteiger partial charge on any atom is -1.00 e. The molecule has 0 saturated heterocycles. The van der Waals surface area contributed by atoms with Gasteiger partial charge >= 0.3 is 6.09 Å². The van der Waals surface area contributed by atoms with Crippen LogP contribution >= 0.6 is 22.7 Å². The maximum atomic E-state index is 12.3. The summed E-state index contributed by atoms with van der Waals surface area (Å²) in [6.07, 6.45) is 5.25. The number of thiazole rings is 2. The molecule has 3 amide bonds. The third kappa shape index (κ3) is 11.9. The maximum absolute atomic E-state index is 12.3. The molecule has 2 aromatic heterocycles. The average molecular weight is 656 g/mol. The lowest BCUT2D eigenvalue weighted by Crippen LogP contribution is -3.00. The summed E-state index contributed by atoms with van der Waals surface area (Å²) in [6.45, 7) is 7.91. The molecule has 0 radical (unpaired) electrons. The second kappa shape index (κ2) is 15.0. The van der Waals surface area contributed by atoms with Crippen molar-refractivity contribution in [1.82, 2.24) is 25.9 Å². The summed E-state index contributed by atoms with van der Waals surface area (Å²) in [6, 6.07) is -0.715. The van der Waals surface area contributed by atoms with E-state index in [4.69, 9.17) is 4.74 Å². The maximum Gasteiger partial charge on any atom is 0.408 e. The van der Waals surface area contributed by atoms with Crippen LogP contribution in [0.5, 0.6) is 0 Å². The molecule has 196 valence electrons. The number of hydrogen-bond acceptors (Lipinski definition) is 8. The van der Waals surface area contributed by atoms with Crippen LogP contribution in [0.15, 0.2) is 10.8 Å². The van der Waals surface area contributed by atoms with E-state index < -0.39 is 17.7 Å². The standard InChI is InChI=1S/C22H33N5O4S3.HI/c1-14(25-21(30)31-22(2,3)4)18(28)24-10-8-17-26-16(13-32-17)20-27-15(12-33-20)19(29)23-9-7-11-34(5)6;/h12-14H,7-11H2,1-6H3,(H2-,23,24,25,28,29,30);1H/t14-;/m1./s1. The number of aromatic nitrogens is 2. The van der Waals surface area contributed by atoms with Gasteiger partial charge in [-0.1, -0.05) is 0 Å². The van der Waals surface area contributed by atoms with Crippen molar-refractivity contribution < 1.29 is 43.1 Å². The smallest absolute Gasteiger partial charge is 0.408 e. The summed E-state index contributed by atoms with van der Waals surface area (Å²) in [7, 11) is 0.376. The van der Waals surface area contributed by atoms with Crippen molar-refractivity contribution in [2.45, 2.75) is 52.2 Å². The highest BCUT2D eigenvalue weighted by atomic mass is 127. The summed E-state index contributed by atoms with van der Waals surface area (Å²) in [5.41, 5.74) is 0.495. The minimum atomic E-state index is -0.715. The largest absolute Gasteiger partial charge is 1.00 e. The Bertz CT molecular complexity index is 974. The van der Waals surface area contributed by atoms with E-state index in [-0.39, 0.29) is 35.8 Å². The van der Waals surface area contributed by atoms with E-state index in [1.165, 1.54) is 22.7 Å². The Morgan fingerprint density at radius 1 is 1.09 bits per heavy atom. The lowest BCUT2D eigenvalue weighted by atomic mass is 10.2. The van der Waals surface area contributed by atoms with Crippen molar-refractivity contribution in [3.8, 4) is 10.7 Å². The van der Waals surface area contributed by atoms with Gasteiger partial charge in [-0.2, -0.15) is 0 Å². The molecule has 35 heavy (non-hydrogen) atoms. The van der Waals surface area contributed by atoms with E-state index in [0.29, 0.717) is 41.1 Å². The number of alkyl carbamates (subject to hydrolysis) is 1. The highest BCUT2D eigenvalue weighted by Gasteiger charge is 2.21. The Labute approximate surface area is 235 Å². The molecule has 0 aromatic carbocycles. The van der Waals surface area contributed by atoms with Crippen LogP contribution in [0.25, 0.3) is 10.7 Å². The first-order valence-electron chi connectivity index (χ1n) is 10.9. The monoisotopic (exact) mass is 655 g/mol. The van der Waals surface area contributed by atoms with E-state index in [1.54, 1.807) is 33.1 Å². The Balaban J connectivity index is 0.00000612. The summed E-state index contributed by atoms with van der Waals surface area (Å²) in [4.78, 5) is 45.3. The zero-order valence-corrected chi connectivity index (χ0v) is 25.5. The Morgan fingerprint density at radius 2 is 1.80 bits per heavy atom. The number of carbonyl (C=O) groups is 3. The molecule has 0 aliphatic rings. The van der Waals surface area contributed by atoms with Crippen molar-refractivity contribution in [2.24, 2.45) is 0 Å². The number of nitrogens with one attached hydrogen (secondary N) is 3. The van der Waals surface area contributed by atoms with Crippen LogP contribution in [0.3, 0.4) is 0 Å². The normalized spacial score (nSPS) is 12.0. The van der Waals surface area contributed by atoms with Crippen molar-refractivity contribution in [3.63, 3.8) is 0 Å². The van der Waals surface area contributed by atoms with E-state index >= 15 is 0 Å². The van der Waals surface area contributed by atoms with Gasteiger partial charge in [0.1, 0.15) is 33.8 Å². The van der Waals surface area contributed by atoms with Gasteiger partial charge in [-0.15, -0.1) is 22.7 Å². The van der Waals surface area contributed by atoms with Gasteiger partial charge in [0.25, 0.3) is 5.91 Å². The molecular weight excluding hydrogens is 621 g/mol. The first-order chi connectivity index (χ1) is 15.9. The molecule has 3 N–H and O–H groups in total. The van der Waals surface area contributed by atoms with Crippen molar-refractivity contribution in [3.05, 3.63) is 21.5 Å². The molecule has 0 aliphatic carbocycles. The van der Waals surface area contributed by atoms with Gasteiger partial charge in [-0.25, -0.2) is 14.8 Å². The summed E-state index contributed by atoms with van der Waals surface area (Å²) >= 11 is 2.86. The Kier molecular flexibility index (Phi) is 13.5. The topological polar surface area (TPSA) is 122 Å². The lowest BCUT2D eigenvalue weighted by Gasteiger charge is -2.21. The highest BCUT2D eigenvalue weighted by Crippen LogP contribution is 2.25. The van der Waals surface area contributed by atoms with Gasteiger partial charge in [0.05, 0.1) is 17.5 Å². The van der Waals surface area contributed by atoms with Crippen molar-refractivity contribution in [1.29, 1.82) is 0 Å². The van der Waals surface area contributed by atoms with Crippen LogP contribution in [0.2, 0.25) is 0 Å². The summed E-state index contributed by atoms with van der Waals surface area (Å²) < 4.78 is 5.16. The number of hydrogen-bond donors (Lipinski definition) is 3. The fraction of sp³-hybridized carbons (Fsp3) is 0.591. The zero-order valence-electron chi connectivity index (χ0n) is 20.9. The molecule has 0 spiro atoms. The SMILES string of the molecule is C[C@@H](NC(=O)OC(C)(C)C)C(=O)NCCc1nc(-c2nc(C(=O)NCCC[S+](C)C)cs2)cs1.[I-]. The quantitative estimate of drug-likeness (QED) is 0.176. The highest BCUT2D eigenvalue weighted by molar-refractivity contribution is 7.95. The van der Waals surface area contributed by atoms with Crippen molar-refractivity contribution in [2.75, 3.05) is 31.4 Å². The molecule has 1 atom stereocenters. The fourth-order valence-electron chi connectivity index (χ4n) is 2.67. The van der Waals surface area contributed by atoms with Gasteiger partial charge in [0, 0.05) is 36.7 Å². The van der Waals surface area contributed by atoms with Crippen LogP contribution in [0, 0.1) is 0 Å². The zero-order chi connectivity index (χ0) is 25.3. The molecule has 2 rings (SSSR count). The number of ether oxygens (including phenoxy) is 1. The molecule has 0 fully saturated rings. The van der Waals surface area contributed by atoms with Gasteiger partial charge < -0.3 is 44.7 Å². The molecule has 0 bridgehead atoms. The van der Waals surface area contributed by atoms with Gasteiger partial charge in [-0.05, 0) is 38.6 Å². The number of rotatable bonds is 11. The summed E-state index contributed by atoms with van der Waals surface area (Å²) in [5.74, 6) is 0.637. The third-order valence-corrected chi connectivity index (χ3v) is 7.17. The predicted molar refractivity (Wildman–Crippen MR) is 140 cm³/mol. The van der Waals surface area contributed by atoms with Gasteiger partial charge in [-0.3, -0.25) is 9.59 Å². The molecule has 0 aliphatic heterocycles. The number of halogens is 1. The lowest BCUT2D eigenvalue weighted by molar-refractivity contribution is -0.122. The van der Waals surface area contributed by atoms with E-state index in [1.807, 2.05) is 5.38 Å². The minimum absolute atomic E-state index is 0. The number of nitrogens with zero attached hydrogens (tertiary/aromatic N) is 2. The number of amides is 3. The molecule has 9 nitrogen and oxygen atoms in total.